The van der Waals surface area contributed by atoms with Gasteiger partial charge in [0, 0.05) is 11.4 Å². The smallest absolute Gasteiger partial charge is 0.338 e. The molecule has 1 fully saturated rings. The van der Waals surface area contributed by atoms with Crippen LogP contribution in [0.3, 0.4) is 0 Å². The monoisotopic (exact) mass is 536 g/mol. The van der Waals surface area contributed by atoms with E-state index < -0.39 is 6.04 Å². The lowest BCUT2D eigenvalue weighted by molar-refractivity contribution is -0.146. The van der Waals surface area contributed by atoms with Crippen molar-refractivity contribution in [3.63, 3.8) is 0 Å². The fourth-order valence-corrected chi connectivity index (χ4v) is 5.70. The fourth-order valence-electron chi connectivity index (χ4n) is 4.89. The summed E-state index contributed by atoms with van der Waals surface area (Å²) in [5.74, 6) is 1.11. The molecule has 0 amide bonds. The minimum atomic E-state index is -0.516. The lowest BCUT2D eigenvalue weighted by Crippen LogP contribution is -2.32. The van der Waals surface area contributed by atoms with Crippen LogP contribution in [0, 0.1) is 5.82 Å². The maximum Gasteiger partial charge on any atom is 0.338 e. The molecule has 5 rings (SSSR count). The number of nitrogens with zero attached hydrogens (tertiary/aromatic N) is 3. The second-order valence-electron chi connectivity index (χ2n) is 9.69. The Hall–Kier alpha value is -3.33. The van der Waals surface area contributed by atoms with Gasteiger partial charge in [0.1, 0.15) is 23.7 Å². The highest BCUT2D eigenvalue weighted by Gasteiger charge is 2.36. The number of aromatic nitrogens is 3. The number of nitrogens with one attached hydrogen (secondary N) is 1. The normalized spacial score (nSPS) is 17.6. The van der Waals surface area contributed by atoms with E-state index in [-0.39, 0.29) is 17.9 Å². The van der Waals surface area contributed by atoms with Gasteiger partial charge in [-0.25, -0.2) is 13.9 Å². The highest BCUT2D eigenvalue weighted by atomic mass is 32.2. The molecule has 2 aliphatic rings. The second kappa shape index (κ2) is 12.0. The SMILES string of the molecule is CCCOc1ccc(C2C(C(=O)OC3CCCCC3)=C(C)Nc3nc(SCc4ccccc4F)nn32)cc1. The van der Waals surface area contributed by atoms with Crippen LogP contribution in [0.4, 0.5) is 10.3 Å². The third-order valence-corrected chi connectivity index (χ3v) is 7.75. The molecule has 2 heterocycles. The van der Waals surface area contributed by atoms with Crippen LogP contribution in [-0.4, -0.2) is 33.4 Å². The Morgan fingerprint density at radius 2 is 1.89 bits per heavy atom. The van der Waals surface area contributed by atoms with Crippen molar-refractivity contribution in [3.8, 4) is 5.75 Å². The van der Waals surface area contributed by atoms with Gasteiger partial charge in [0.15, 0.2) is 0 Å². The Labute approximate surface area is 226 Å². The van der Waals surface area contributed by atoms with Crippen LogP contribution in [0.25, 0.3) is 0 Å². The molecule has 0 spiro atoms. The van der Waals surface area contributed by atoms with E-state index in [0.29, 0.717) is 40.3 Å². The van der Waals surface area contributed by atoms with E-state index in [4.69, 9.17) is 14.6 Å². The van der Waals surface area contributed by atoms with Crippen LogP contribution in [0.5, 0.6) is 5.75 Å². The van der Waals surface area contributed by atoms with Gasteiger partial charge < -0.3 is 14.8 Å². The number of halogens is 1. The predicted octanol–water partition coefficient (Wildman–Crippen LogP) is 6.66. The van der Waals surface area contributed by atoms with Crippen LogP contribution in [0.2, 0.25) is 0 Å². The van der Waals surface area contributed by atoms with E-state index in [1.165, 1.54) is 24.2 Å². The predicted molar refractivity (Wildman–Crippen MR) is 146 cm³/mol. The number of carbonyl (C=O) groups excluding carboxylic acids is 1. The Balaban J connectivity index is 1.45. The molecule has 9 heteroatoms. The number of anilines is 1. The molecule has 1 N–H and O–H groups in total. The summed E-state index contributed by atoms with van der Waals surface area (Å²) in [5.41, 5.74) is 2.67. The minimum Gasteiger partial charge on any atom is -0.494 e. The van der Waals surface area contributed by atoms with Crippen molar-refractivity contribution in [2.24, 2.45) is 0 Å². The molecule has 1 saturated carbocycles. The van der Waals surface area contributed by atoms with Gasteiger partial charge in [-0.2, -0.15) is 4.98 Å². The molecule has 1 aliphatic heterocycles. The number of fused-ring (bicyclic) bond motifs is 1. The molecule has 1 atom stereocenters. The van der Waals surface area contributed by atoms with Gasteiger partial charge in [-0.1, -0.05) is 55.4 Å². The summed E-state index contributed by atoms with van der Waals surface area (Å²) in [6, 6.07) is 13.9. The number of benzene rings is 2. The largest absolute Gasteiger partial charge is 0.494 e. The van der Waals surface area contributed by atoms with Crippen LogP contribution >= 0.6 is 11.8 Å². The van der Waals surface area contributed by atoms with Crippen molar-refractivity contribution in [1.29, 1.82) is 0 Å². The van der Waals surface area contributed by atoms with Gasteiger partial charge in [0.2, 0.25) is 11.1 Å². The average Bonchev–Trinajstić information content (AvgIpc) is 3.34. The minimum absolute atomic E-state index is 0.0638. The maximum atomic E-state index is 14.2. The van der Waals surface area contributed by atoms with Crippen LogP contribution in [0.1, 0.15) is 69.5 Å². The third kappa shape index (κ3) is 5.88. The first kappa shape index (κ1) is 26.3. The number of thioether (sulfide) groups is 1. The van der Waals surface area contributed by atoms with E-state index in [0.717, 1.165) is 43.4 Å². The molecule has 1 aliphatic carbocycles. The van der Waals surface area contributed by atoms with Gasteiger partial charge in [-0.3, -0.25) is 0 Å². The van der Waals surface area contributed by atoms with Crippen molar-refractivity contribution in [2.75, 3.05) is 11.9 Å². The Kier molecular flexibility index (Phi) is 8.32. The maximum absolute atomic E-state index is 14.2. The van der Waals surface area contributed by atoms with Crippen molar-refractivity contribution in [1.82, 2.24) is 14.8 Å². The zero-order valence-corrected chi connectivity index (χ0v) is 22.6. The summed E-state index contributed by atoms with van der Waals surface area (Å²) in [7, 11) is 0. The molecule has 0 radical (unpaired) electrons. The van der Waals surface area contributed by atoms with Crippen molar-refractivity contribution < 1.29 is 18.7 Å². The summed E-state index contributed by atoms with van der Waals surface area (Å²) in [4.78, 5) is 18.2. The van der Waals surface area contributed by atoms with E-state index in [2.05, 4.69) is 17.2 Å². The summed E-state index contributed by atoms with van der Waals surface area (Å²) >= 11 is 1.35. The number of esters is 1. The summed E-state index contributed by atoms with van der Waals surface area (Å²) in [5, 5.41) is 8.50. The first-order valence-corrected chi connectivity index (χ1v) is 14.3. The quantitative estimate of drug-likeness (QED) is 0.242. The first-order chi connectivity index (χ1) is 18.5. The third-order valence-electron chi connectivity index (χ3n) is 6.86. The van der Waals surface area contributed by atoms with E-state index >= 15 is 0 Å². The number of ether oxygens (including phenoxy) is 2. The zero-order valence-electron chi connectivity index (χ0n) is 21.8. The van der Waals surface area contributed by atoms with Gasteiger partial charge in [0.25, 0.3) is 0 Å². The zero-order chi connectivity index (χ0) is 26.5. The van der Waals surface area contributed by atoms with Crippen LogP contribution < -0.4 is 10.1 Å². The molecule has 1 aromatic heterocycles. The van der Waals surface area contributed by atoms with E-state index in [1.54, 1.807) is 16.8 Å². The molecule has 0 bridgehead atoms. The molecule has 7 nitrogen and oxygen atoms in total. The molecule has 2 aromatic carbocycles. The summed E-state index contributed by atoms with van der Waals surface area (Å²) in [6.07, 6.45) is 5.98. The van der Waals surface area contributed by atoms with Crippen molar-refractivity contribution in [2.45, 2.75) is 75.4 Å². The van der Waals surface area contributed by atoms with Crippen molar-refractivity contribution >= 4 is 23.7 Å². The van der Waals surface area contributed by atoms with E-state index in [1.807, 2.05) is 37.3 Å². The topological polar surface area (TPSA) is 78.3 Å². The number of carbonyl (C=O) groups is 1. The molecular formula is C29H33FN4O3S. The van der Waals surface area contributed by atoms with Gasteiger partial charge >= 0.3 is 5.97 Å². The molecule has 1 unspecified atom stereocenters. The average molecular weight is 537 g/mol. The van der Waals surface area contributed by atoms with E-state index in [9.17, 15) is 9.18 Å². The number of hydrogen-bond donors (Lipinski definition) is 1. The molecule has 200 valence electrons. The first-order valence-electron chi connectivity index (χ1n) is 13.3. The Bertz CT molecular complexity index is 1300. The Morgan fingerprint density at radius 1 is 1.13 bits per heavy atom. The molecule has 3 aromatic rings. The fraction of sp³-hybridized carbons (Fsp3) is 0.414. The van der Waals surface area contributed by atoms with Gasteiger partial charge in [-0.05, 0) is 68.4 Å². The van der Waals surface area contributed by atoms with Crippen molar-refractivity contribution in [3.05, 3.63) is 76.7 Å². The highest BCUT2D eigenvalue weighted by Crippen LogP contribution is 2.38. The molecule has 0 saturated heterocycles. The molecular weight excluding hydrogens is 503 g/mol. The summed E-state index contributed by atoms with van der Waals surface area (Å²) < 4.78 is 27.7. The highest BCUT2D eigenvalue weighted by molar-refractivity contribution is 7.98. The lowest BCUT2D eigenvalue weighted by atomic mass is 9.95. The van der Waals surface area contributed by atoms with Gasteiger partial charge in [-0.15, -0.1) is 5.10 Å². The number of rotatable bonds is 9. The second-order valence-corrected chi connectivity index (χ2v) is 10.6. The Morgan fingerprint density at radius 3 is 2.63 bits per heavy atom. The van der Waals surface area contributed by atoms with Gasteiger partial charge in [0.05, 0.1) is 12.2 Å². The van der Waals surface area contributed by atoms with Crippen LogP contribution in [-0.2, 0) is 15.3 Å². The summed E-state index contributed by atoms with van der Waals surface area (Å²) in [6.45, 7) is 4.57. The standard InChI is InChI=1S/C29H33FN4O3S/c1-3-17-36-22-15-13-20(14-16-22)26-25(27(35)37-23-10-5-4-6-11-23)19(2)31-28-32-29(33-34(26)28)38-18-21-9-7-8-12-24(21)30/h7-9,12-16,23,26H,3-6,10-11,17-18H2,1-2H3,(H,31,32,33). The van der Waals surface area contributed by atoms with Crippen LogP contribution in [0.15, 0.2) is 65.0 Å². The number of hydrogen-bond acceptors (Lipinski definition) is 7. The molecule has 38 heavy (non-hydrogen) atoms. The number of allylic oxidation sites excluding steroid dienone is 1. The lowest BCUT2D eigenvalue weighted by Gasteiger charge is -2.30.